The molecular formula is C15H22O4. The van der Waals surface area contributed by atoms with Crippen molar-refractivity contribution >= 4 is 5.97 Å². The van der Waals surface area contributed by atoms with Crippen LogP contribution in [0.3, 0.4) is 0 Å². The van der Waals surface area contributed by atoms with E-state index in [1.54, 1.807) is 6.07 Å². The van der Waals surface area contributed by atoms with Crippen LogP contribution in [0.2, 0.25) is 0 Å². The van der Waals surface area contributed by atoms with E-state index in [-0.39, 0.29) is 11.7 Å². The highest BCUT2D eigenvalue weighted by Crippen LogP contribution is 2.18. The van der Waals surface area contributed by atoms with Crippen LogP contribution in [0.4, 0.5) is 0 Å². The molecule has 0 bridgehead atoms. The molecular weight excluding hydrogens is 244 g/mol. The highest BCUT2D eigenvalue weighted by Gasteiger charge is 2.13. The van der Waals surface area contributed by atoms with E-state index in [0.717, 1.165) is 18.6 Å². The number of hydrogen-bond donors (Lipinski definition) is 0. The maximum absolute atomic E-state index is 11.7. The molecule has 1 heterocycles. The van der Waals surface area contributed by atoms with E-state index in [0.29, 0.717) is 19.0 Å². The lowest BCUT2D eigenvalue weighted by Gasteiger charge is -2.05. The topological polar surface area (TPSA) is 48.7 Å². The molecule has 0 amide bonds. The third-order valence-corrected chi connectivity index (χ3v) is 2.52. The van der Waals surface area contributed by atoms with Gasteiger partial charge in [-0.2, -0.15) is 0 Å². The van der Waals surface area contributed by atoms with Gasteiger partial charge in [0, 0.05) is 5.92 Å². The van der Waals surface area contributed by atoms with Gasteiger partial charge in [0.1, 0.15) is 5.76 Å². The SMILES string of the molecule is C=C(C)OCCCCOC(=O)c1ccc(C(C)C)o1. The fourth-order valence-electron chi connectivity index (χ4n) is 1.46. The number of allylic oxidation sites excluding steroid dienone is 1. The molecule has 0 saturated heterocycles. The number of carbonyl (C=O) groups is 1. The van der Waals surface area contributed by atoms with E-state index in [1.165, 1.54) is 0 Å². The summed E-state index contributed by atoms with van der Waals surface area (Å²) in [6.45, 7) is 10.4. The standard InChI is InChI=1S/C15H22O4/c1-11(2)13-7-8-14(19-13)15(16)18-10-6-5-9-17-12(3)4/h7-8,11H,3,5-6,9-10H2,1-2,4H3. The molecule has 0 aliphatic rings. The fraction of sp³-hybridized carbons (Fsp3) is 0.533. The summed E-state index contributed by atoms with van der Waals surface area (Å²) in [6.07, 6.45) is 1.59. The molecule has 1 aromatic heterocycles. The van der Waals surface area contributed by atoms with Crippen molar-refractivity contribution in [2.45, 2.75) is 39.5 Å². The predicted octanol–water partition coefficient (Wildman–Crippen LogP) is 3.89. The Labute approximate surface area is 114 Å². The number of carbonyl (C=O) groups excluding carboxylic acids is 1. The highest BCUT2D eigenvalue weighted by atomic mass is 16.5. The second-order valence-corrected chi connectivity index (χ2v) is 4.75. The van der Waals surface area contributed by atoms with Crippen LogP contribution in [0.15, 0.2) is 28.9 Å². The second-order valence-electron chi connectivity index (χ2n) is 4.75. The molecule has 0 atom stereocenters. The molecule has 106 valence electrons. The van der Waals surface area contributed by atoms with Crippen LogP contribution in [-0.4, -0.2) is 19.2 Å². The zero-order chi connectivity index (χ0) is 14.3. The van der Waals surface area contributed by atoms with E-state index >= 15 is 0 Å². The van der Waals surface area contributed by atoms with E-state index < -0.39 is 5.97 Å². The Bertz CT molecular complexity index is 418. The van der Waals surface area contributed by atoms with Gasteiger partial charge in [-0.15, -0.1) is 0 Å². The Hall–Kier alpha value is -1.71. The minimum atomic E-state index is -0.410. The molecule has 0 aromatic carbocycles. The lowest BCUT2D eigenvalue weighted by atomic mass is 10.2. The number of hydrogen-bond acceptors (Lipinski definition) is 4. The Kier molecular flexibility index (Phi) is 6.19. The van der Waals surface area contributed by atoms with Crippen molar-refractivity contribution in [2.75, 3.05) is 13.2 Å². The van der Waals surface area contributed by atoms with E-state index in [2.05, 4.69) is 6.58 Å². The number of rotatable bonds is 8. The molecule has 0 N–H and O–H groups in total. The molecule has 1 rings (SSSR count). The average Bonchev–Trinajstić information content (AvgIpc) is 2.82. The van der Waals surface area contributed by atoms with Crippen molar-refractivity contribution in [1.82, 2.24) is 0 Å². The summed E-state index contributed by atoms with van der Waals surface area (Å²) < 4.78 is 15.7. The Morgan fingerprint density at radius 2 is 1.89 bits per heavy atom. The van der Waals surface area contributed by atoms with Crippen LogP contribution >= 0.6 is 0 Å². The van der Waals surface area contributed by atoms with Crippen molar-refractivity contribution in [3.8, 4) is 0 Å². The summed E-state index contributed by atoms with van der Waals surface area (Å²) in [5.74, 6) is 1.62. The van der Waals surface area contributed by atoms with Crippen molar-refractivity contribution in [3.05, 3.63) is 36.0 Å². The first kappa shape index (κ1) is 15.3. The molecule has 4 nitrogen and oxygen atoms in total. The highest BCUT2D eigenvalue weighted by molar-refractivity contribution is 5.86. The van der Waals surface area contributed by atoms with Crippen LogP contribution in [-0.2, 0) is 9.47 Å². The maximum Gasteiger partial charge on any atom is 0.374 e. The van der Waals surface area contributed by atoms with Gasteiger partial charge in [-0.3, -0.25) is 0 Å². The second kappa shape index (κ2) is 7.67. The van der Waals surface area contributed by atoms with E-state index in [9.17, 15) is 4.79 Å². The average molecular weight is 266 g/mol. The molecule has 4 heteroatoms. The smallest absolute Gasteiger partial charge is 0.374 e. The first-order valence-electron chi connectivity index (χ1n) is 6.56. The lowest BCUT2D eigenvalue weighted by molar-refractivity contribution is 0.0452. The summed E-state index contributed by atoms with van der Waals surface area (Å²) in [7, 11) is 0. The predicted molar refractivity (Wildman–Crippen MR) is 73.1 cm³/mol. The molecule has 0 radical (unpaired) electrons. The van der Waals surface area contributed by atoms with Gasteiger partial charge in [-0.1, -0.05) is 20.4 Å². The minimum Gasteiger partial charge on any atom is -0.499 e. The zero-order valence-corrected chi connectivity index (χ0v) is 11.9. The first-order valence-corrected chi connectivity index (χ1v) is 6.56. The Morgan fingerprint density at radius 1 is 1.26 bits per heavy atom. The lowest BCUT2D eigenvalue weighted by Crippen LogP contribution is -2.06. The summed E-state index contributed by atoms with van der Waals surface area (Å²) in [6, 6.07) is 3.46. The summed E-state index contributed by atoms with van der Waals surface area (Å²) in [4.78, 5) is 11.7. The molecule has 1 aromatic rings. The zero-order valence-electron chi connectivity index (χ0n) is 11.9. The van der Waals surface area contributed by atoms with Crippen LogP contribution in [0.25, 0.3) is 0 Å². The van der Waals surface area contributed by atoms with Crippen LogP contribution in [0.1, 0.15) is 55.8 Å². The number of unbranched alkanes of at least 4 members (excludes halogenated alkanes) is 1. The molecule has 0 saturated carbocycles. The number of furan rings is 1. The summed E-state index contributed by atoms with van der Waals surface area (Å²) in [5, 5.41) is 0. The Balaban J connectivity index is 2.22. The summed E-state index contributed by atoms with van der Waals surface area (Å²) in [5.41, 5.74) is 0. The first-order chi connectivity index (χ1) is 9.00. The van der Waals surface area contributed by atoms with Gasteiger partial charge >= 0.3 is 5.97 Å². The molecule has 0 aliphatic heterocycles. The Morgan fingerprint density at radius 3 is 2.42 bits per heavy atom. The monoisotopic (exact) mass is 266 g/mol. The van der Waals surface area contributed by atoms with Crippen molar-refractivity contribution in [3.63, 3.8) is 0 Å². The molecule has 0 aliphatic carbocycles. The van der Waals surface area contributed by atoms with Crippen LogP contribution in [0, 0.1) is 0 Å². The van der Waals surface area contributed by atoms with Gasteiger partial charge < -0.3 is 13.9 Å². The van der Waals surface area contributed by atoms with Crippen molar-refractivity contribution in [2.24, 2.45) is 0 Å². The third kappa shape index (κ3) is 5.64. The van der Waals surface area contributed by atoms with Crippen LogP contribution < -0.4 is 0 Å². The van der Waals surface area contributed by atoms with Gasteiger partial charge in [-0.05, 0) is 31.9 Å². The quantitative estimate of drug-likeness (QED) is 0.407. The van der Waals surface area contributed by atoms with E-state index in [4.69, 9.17) is 13.9 Å². The van der Waals surface area contributed by atoms with Gasteiger partial charge in [0.05, 0.1) is 19.0 Å². The molecule has 0 spiro atoms. The molecule has 0 fully saturated rings. The van der Waals surface area contributed by atoms with E-state index in [1.807, 2.05) is 26.8 Å². The van der Waals surface area contributed by atoms with Gasteiger partial charge in [0.25, 0.3) is 0 Å². The van der Waals surface area contributed by atoms with Crippen molar-refractivity contribution < 1.29 is 18.7 Å². The molecule has 19 heavy (non-hydrogen) atoms. The van der Waals surface area contributed by atoms with Gasteiger partial charge in [0.15, 0.2) is 0 Å². The normalized spacial score (nSPS) is 10.5. The van der Waals surface area contributed by atoms with Crippen LogP contribution in [0.5, 0.6) is 0 Å². The third-order valence-electron chi connectivity index (χ3n) is 2.52. The van der Waals surface area contributed by atoms with Gasteiger partial charge in [0.2, 0.25) is 5.76 Å². The molecule has 0 unspecified atom stereocenters. The van der Waals surface area contributed by atoms with Gasteiger partial charge in [-0.25, -0.2) is 4.79 Å². The largest absolute Gasteiger partial charge is 0.499 e. The number of esters is 1. The minimum absolute atomic E-state index is 0.265. The maximum atomic E-state index is 11.7. The number of ether oxygens (including phenoxy) is 2. The van der Waals surface area contributed by atoms with Crippen molar-refractivity contribution in [1.29, 1.82) is 0 Å². The fourth-order valence-corrected chi connectivity index (χ4v) is 1.46. The summed E-state index contributed by atoms with van der Waals surface area (Å²) >= 11 is 0.